The molecule has 2 saturated heterocycles. The number of aliphatic hydroxyl groups excluding tert-OH is 1. The van der Waals surface area contributed by atoms with E-state index in [9.17, 15) is 5.11 Å². The van der Waals surface area contributed by atoms with Crippen LogP contribution < -0.4 is 0 Å². The third-order valence-electron chi connectivity index (χ3n) is 6.08. The Hall–Kier alpha value is -1.69. The number of aromatic nitrogens is 2. The molecule has 0 saturated carbocycles. The summed E-state index contributed by atoms with van der Waals surface area (Å²) in [6, 6.07) is 10.8. The predicted octanol–water partition coefficient (Wildman–Crippen LogP) is 3.22. The van der Waals surface area contributed by atoms with Gasteiger partial charge in [0.25, 0.3) is 0 Å². The quantitative estimate of drug-likeness (QED) is 0.879. The average Bonchev–Trinajstić information content (AvgIpc) is 3.16. The van der Waals surface area contributed by atoms with Crippen LogP contribution in [-0.2, 0) is 17.8 Å². The van der Waals surface area contributed by atoms with Crippen molar-refractivity contribution >= 4 is 0 Å². The first kappa shape index (κ1) is 18.7. The van der Waals surface area contributed by atoms with Crippen molar-refractivity contribution in [2.24, 2.45) is 0 Å². The highest BCUT2D eigenvalue weighted by Gasteiger charge is 2.42. The Labute approximate surface area is 161 Å². The van der Waals surface area contributed by atoms with E-state index in [1.54, 1.807) is 0 Å². The number of rotatable bonds is 5. The van der Waals surface area contributed by atoms with Crippen LogP contribution in [0.4, 0.5) is 0 Å². The molecule has 146 valence electrons. The molecule has 5 heteroatoms. The maximum atomic E-state index is 10.3. The summed E-state index contributed by atoms with van der Waals surface area (Å²) in [6.45, 7) is 6.01. The highest BCUT2D eigenvalue weighted by Crippen LogP contribution is 2.38. The van der Waals surface area contributed by atoms with Gasteiger partial charge in [-0.2, -0.15) is 5.10 Å². The monoisotopic (exact) mass is 369 g/mol. The van der Waals surface area contributed by atoms with Crippen molar-refractivity contribution in [1.82, 2.24) is 14.7 Å². The smallest absolute Gasteiger partial charge is 0.0735 e. The number of hydrogen-bond donors (Lipinski definition) is 1. The van der Waals surface area contributed by atoms with Gasteiger partial charge in [0.15, 0.2) is 0 Å². The molecule has 2 aromatic rings. The molecule has 1 aromatic heterocycles. The van der Waals surface area contributed by atoms with Crippen LogP contribution in [0.2, 0.25) is 0 Å². The van der Waals surface area contributed by atoms with Gasteiger partial charge in [-0.3, -0.25) is 9.58 Å². The Bertz CT molecular complexity index is 723. The molecular weight excluding hydrogens is 338 g/mol. The fraction of sp³-hybridized carbons (Fsp3) is 0.591. The molecule has 0 unspecified atom stereocenters. The number of likely N-dealkylation sites (tertiary alicyclic amines) is 1. The van der Waals surface area contributed by atoms with Gasteiger partial charge < -0.3 is 9.84 Å². The topological polar surface area (TPSA) is 50.5 Å². The lowest BCUT2D eigenvalue weighted by molar-refractivity contribution is -0.182. The second kappa shape index (κ2) is 8.13. The van der Waals surface area contributed by atoms with E-state index < -0.39 is 0 Å². The van der Waals surface area contributed by atoms with Crippen molar-refractivity contribution in [1.29, 1.82) is 0 Å². The first-order chi connectivity index (χ1) is 13.1. The van der Waals surface area contributed by atoms with E-state index in [-0.39, 0.29) is 17.8 Å². The summed E-state index contributed by atoms with van der Waals surface area (Å²) < 4.78 is 8.37. The number of aliphatic hydroxyl groups is 1. The van der Waals surface area contributed by atoms with Crippen LogP contribution >= 0.6 is 0 Å². The molecule has 0 aliphatic carbocycles. The first-order valence-corrected chi connectivity index (χ1v) is 10.3. The molecular formula is C22H31N3O2. The highest BCUT2D eigenvalue weighted by molar-refractivity contribution is 5.23. The van der Waals surface area contributed by atoms with Gasteiger partial charge in [0.2, 0.25) is 0 Å². The van der Waals surface area contributed by atoms with E-state index >= 15 is 0 Å². The molecule has 2 aliphatic rings. The lowest BCUT2D eigenvalue weighted by atomic mass is 9.81. The molecule has 0 bridgehead atoms. The van der Waals surface area contributed by atoms with Crippen molar-refractivity contribution in [3.8, 4) is 0 Å². The first-order valence-electron chi connectivity index (χ1n) is 10.3. The molecule has 1 aromatic carbocycles. The summed E-state index contributed by atoms with van der Waals surface area (Å²) >= 11 is 0. The molecule has 1 N–H and O–H groups in total. The number of benzene rings is 1. The summed E-state index contributed by atoms with van der Waals surface area (Å²) in [7, 11) is 0. The molecule has 0 radical (unpaired) electrons. The van der Waals surface area contributed by atoms with Gasteiger partial charge in [0, 0.05) is 38.4 Å². The van der Waals surface area contributed by atoms with Crippen molar-refractivity contribution in [2.75, 3.05) is 13.1 Å². The normalized spacial score (nSPS) is 25.7. The van der Waals surface area contributed by atoms with Crippen LogP contribution in [-0.4, -0.2) is 50.7 Å². The highest BCUT2D eigenvalue weighted by atomic mass is 16.5. The van der Waals surface area contributed by atoms with Crippen molar-refractivity contribution < 1.29 is 9.84 Å². The zero-order valence-electron chi connectivity index (χ0n) is 16.3. The van der Waals surface area contributed by atoms with Crippen molar-refractivity contribution in [2.45, 2.75) is 69.9 Å². The van der Waals surface area contributed by atoms with Crippen molar-refractivity contribution in [3.63, 3.8) is 0 Å². The van der Waals surface area contributed by atoms with Gasteiger partial charge >= 0.3 is 0 Å². The Morgan fingerprint density at radius 1 is 1.19 bits per heavy atom. The SMILES string of the molecule is CC[C@H]1C[C@@H](O)CC2(CCN(Cc3cccc(Cn4cccn4)c3)CC2)O1. The van der Waals surface area contributed by atoms with E-state index in [1.807, 2.05) is 23.1 Å². The standard InChI is InChI=1S/C22H31N3O2/c1-2-21-14-20(26)15-22(27-21)7-11-24(12-8-22)16-18-5-3-6-19(13-18)17-25-10-4-9-23-25/h3-6,9-10,13,20-21,26H,2,7-8,11-12,14-17H2,1H3/t20-,21+/m1/s1. The predicted molar refractivity (Wildman–Crippen MR) is 105 cm³/mol. The summed E-state index contributed by atoms with van der Waals surface area (Å²) in [6.07, 6.45) is 8.47. The van der Waals surface area contributed by atoms with Gasteiger partial charge in [0.05, 0.1) is 24.4 Å². The minimum absolute atomic E-state index is 0.100. The van der Waals surface area contributed by atoms with Crippen LogP contribution in [0, 0.1) is 0 Å². The molecule has 3 heterocycles. The molecule has 2 aliphatic heterocycles. The third-order valence-corrected chi connectivity index (χ3v) is 6.08. The number of ether oxygens (including phenoxy) is 1. The molecule has 1 spiro atoms. The second-order valence-corrected chi connectivity index (χ2v) is 8.22. The van der Waals surface area contributed by atoms with Gasteiger partial charge in [-0.1, -0.05) is 31.2 Å². The molecule has 4 rings (SSSR count). The van der Waals surface area contributed by atoms with E-state index in [0.717, 1.165) is 58.3 Å². The van der Waals surface area contributed by atoms with Crippen LogP contribution in [0.25, 0.3) is 0 Å². The fourth-order valence-corrected chi connectivity index (χ4v) is 4.62. The number of nitrogens with zero attached hydrogens (tertiary/aromatic N) is 3. The van der Waals surface area contributed by atoms with E-state index in [4.69, 9.17) is 4.74 Å². The zero-order chi connectivity index (χ0) is 18.7. The average molecular weight is 370 g/mol. The number of hydrogen-bond acceptors (Lipinski definition) is 4. The van der Waals surface area contributed by atoms with Gasteiger partial charge in [-0.25, -0.2) is 0 Å². The Morgan fingerprint density at radius 3 is 2.67 bits per heavy atom. The molecule has 27 heavy (non-hydrogen) atoms. The summed E-state index contributed by atoms with van der Waals surface area (Å²) in [5.74, 6) is 0. The summed E-state index contributed by atoms with van der Waals surface area (Å²) in [5, 5.41) is 14.6. The Balaban J connectivity index is 1.34. The largest absolute Gasteiger partial charge is 0.393 e. The number of piperidine rings is 1. The van der Waals surface area contributed by atoms with Crippen molar-refractivity contribution in [3.05, 3.63) is 53.9 Å². The van der Waals surface area contributed by atoms with Gasteiger partial charge in [-0.05, 0) is 42.9 Å². The van der Waals surface area contributed by atoms with Crippen LogP contribution in [0.15, 0.2) is 42.7 Å². The maximum Gasteiger partial charge on any atom is 0.0735 e. The lowest BCUT2D eigenvalue weighted by Gasteiger charge is -2.48. The molecule has 0 amide bonds. The Kier molecular flexibility index (Phi) is 5.62. The van der Waals surface area contributed by atoms with E-state index in [0.29, 0.717) is 0 Å². The molecule has 5 nitrogen and oxygen atoms in total. The van der Waals surface area contributed by atoms with Crippen LogP contribution in [0.1, 0.15) is 50.2 Å². The zero-order valence-corrected chi connectivity index (χ0v) is 16.3. The maximum absolute atomic E-state index is 10.3. The second-order valence-electron chi connectivity index (χ2n) is 8.22. The molecule has 2 atom stereocenters. The fourth-order valence-electron chi connectivity index (χ4n) is 4.62. The summed E-state index contributed by atoms with van der Waals surface area (Å²) in [5.41, 5.74) is 2.54. The van der Waals surface area contributed by atoms with E-state index in [2.05, 4.69) is 41.2 Å². The van der Waals surface area contributed by atoms with E-state index in [1.165, 1.54) is 11.1 Å². The van der Waals surface area contributed by atoms with Crippen LogP contribution in [0.5, 0.6) is 0 Å². The minimum atomic E-state index is -0.200. The van der Waals surface area contributed by atoms with Crippen LogP contribution in [0.3, 0.4) is 0 Å². The third kappa shape index (κ3) is 4.60. The van der Waals surface area contributed by atoms with Gasteiger partial charge in [-0.15, -0.1) is 0 Å². The van der Waals surface area contributed by atoms with Gasteiger partial charge in [0.1, 0.15) is 0 Å². The molecule has 2 fully saturated rings. The summed E-state index contributed by atoms with van der Waals surface area (Å²) in [4.78, 5) is 2.52. The Morgan fingerprint density at radius 2 is 1.96 bits per heavy atom. The minimum Gasteiger partial charge on any atom is -0.393 e. The lowest BCUT2D eigenvalue weighted by Crippen LogP contribution is -2.52.